The molecule has 14 heavy (non-hydrogen) atoms. The van der Waals surface area contributed by atoms with Crippen molar-refractivity contribution in [3.8, 4) is 0 Å². The van der Waals surface area contributed by atoms with E-state index >= 15 is 0 Å². The fraction of sp³-hybridized carbons (Fsp3) is 0.300. The Kier molecular flexibility index (Phi) is 1.70. The molecule has 0 bridgehead atoms. The Hall–Kier alpha value is -1.16. The van der Waals surface area contributed by atoms with Crippen LogP contribution < -0.4 is 0 Å². The van der Waals surface area contributed by atoms with E-state index in [0.717, 1.165) is 17.0 Å². The Balaban J connectivity index is 2.09. The Morgan fingerprint density at radius 2 is 2.50 bits per heavy atom. The quantitative estimate of drug-likeness (QED) is 0.568. The van der Waals surface area contributed by atoms with Gasteiger partial charge in [0.1, 0.15) is 5.71 Å². The highest BCUT2D eigenvalue weighted by Crippen LogP contribution is 2.39. The van der Waals surface area contributed by atoms with E-state index in [2.05, 4.69) is 29.4 Å². The van der Waals surface area contributed by atoms with Crippen LogP contribution >= 0.6 is 11.8 Å². The van der Waals surface area contributed by atoms with Crippen LogP contribution in [0.15, 0.2) is 39.9 Å². The van der Waals surface area contributed by atoms with Crippen LogP contribution in [0.4, 0.5) is 0 Å². The van der Waals surface area contributed by atoms with Gasteiger partial charge >= 0.3 is 0 Å². The van der Waals surface area contributed by atoms with E-state index in [4.69, 9.17) is 0 Å². The molecule has 0 amide bonds. The molecule has 0 spiro atoms. The van der Waals surface area contributed by atoms with Crippen LogP contribution in [0.5, 0.6) is 0 Å². The zero-order chi connectivity index (χ0) is 9.54. The highest BCUT2D eigenvalue weighted by atomic mass is 32.2. The topological polar surface area (TPSA) is 32.4 Å². The zero-order valence-electron chi connectivity index (χ0n) is 7.51. The molecule has 3 rings (SSSR count). The third kappa shape index (κ3) is 1.10. The largest absolute Gasteiger partial charge is 0.278 e. The average molecular weight is 205 g/mol. The van der Waals surface area contributed by atoms with E-state index in [1.54, 1.807) is 11.8 Å². The molecule has 0 aromatic rings. The first-order valence-electron chi connectivity index (χ1n) is 4.59. The zero-order valence-corrected chi connectivity index (χ0v) is 8.33. The number of thioether (sulfide) groups is 1. The Labute approximate surface area is 85.8 Å². The van der Waals surface area contributed by atoms with Crippen molar-refractivity contribution in [1.29, 1.82) is 0 Å². The number of fused-ring (bicyclic) bond motifs is 3. The van der Waals surface area contributed by atoms with E-state index in [1.807, 2.05) is 0 Å². The van der Waals surface area contributed by atoms with Crippen LogP contribution in [0.25, 0.3) is 0 Å². The summed E-state index contributed by atoms with van der Waals surface area (Å²) in [5.41, 5.74) is 2.26. The minimum absolute atomic E-state index is 0.333. The van der Waals surface area contributed by atoms with Crippen molar-refractivity contribution in [2.24, 2.45) is 11.0 Å². The van der Waals surface area contributed by atoms with Crippen LogP contribution in [0, 0.1) is 10.8 Å². The molecule has 1 aliphatic heterocycles. The highest BCUT2D eigenvalue weighted by Gasteiger charge is 2.36. The van der Waals surface area contributed by atoms with Gasteiger partial charge in [0.25, 0.3) is 5.88 Å². The Morgan fingerprint density at radius 1 is 1.57 bits per heavy atom. The van der Waals surface area contributed by atoms with Crippen LogP contribution in [-0.2, 0) is 0 Å². The van der Waals surface area contributed by atoms with E-state index in [-0.39, 0.29) is 0 Å². The molecule has 0 aromatic heterocycles. The van der Waals surface area contributed by atoms with E-state index < -0.39 is 0 Å². The molecule has 0 aromatic carbocycles. The van der Waals surface area contributed by atoms with Crippen molar-refractivity contribution in [2.45, 2.75) is 6.42 Å². The number of hydrogen-bond acceptors (Lipinski definition) is 2. The smallest absolute Gasteiger partial charge is 0.0835 e. The number of hydrazone groups is 1. The molecular weight excluding hydrogens is 196 g/mol. The molecule has 1 unspecified atom stereocenters. The van der Waals surface area contributed by atoms with Crippen LogP contribution in [0.2, 0.25) is 0 Å². The molecule has 0 fully saturated rings. The standard InChI is InChI=1S/C10H9N2OS/c13-12-6-14-9-5-7-3-1-2-4-8(7)10(9)11-12/h1-3,5,8H,4,6H2/q+1. The van der Waals surface area contributed by atoms with Gasteiger partial charge in [0.05, 0.1) is 4.91 Å². The first-order chi connectivity index (χ1) is 6.84. The van der Waals surface area contributed by atoms with Gasteiger partial charge in [-0.15, -0.1) is 0 Å². The monoisotopic (exact) mass is 205 g/mol. The molecule has 2 aliphatic carbocycles. The fourth-order valence-electron chi connectivity index (χ4n) is 1.97. The highest BCUT2D eigenvalue weighted by molar-refractivity contribution is 8.03. The minimum Gasteiger partial charge on any atom is -0.0835 e. The summed E-state index contributed by atoms with van der Waals surface area (Å²) in [5.74, 6) is 0.752. The number of hydrogen-bond donors (Lipinski definition) is 0. The van der Waals surface area contributed by atoms with Crippen molar-refractivity contribution in [3.05, 3.63) is 39.7 Å². The van der Waals surface area contributed by atoms with Crippen LogP contribution in [0.1, 0.15) is 6.42 Å². The van der Waals surface area contributed by atoms with Crippen molar-refractivity contribution in [1.82, 2.24) is 0 Å². The molecule has 0 saturated carbocycles. The summed E-state index contributed by atoms with van der Waals surface area (Å²) in [5, 5.41) is 4.06. The van der Waals surface area contributed by atoms with E-state index in [0.29, 0.717) is 11.8 Å². The number of nitroso groups, excluding NO2 is 1. The number of rotatable bonds is 0. The molecule has 4 heteroatoms. The second kappa shape index (κ2) is 2.92. The van der Waals surface area contributed by atoms with Crippen molar-refractivity contribution < 1.29 is 4.87 Å². The summed E-state index contributed by atoms with van der Waals surface area (Å²) >= 11 is 1.58. The molecule has 1 heterocycles. The predicted molar refractivity (Wildman–Crippen MR) is 56.9 cm³/mol. The lowest BCUT2D eigenvalue weighted by Gasteiger charge is -2.13. The minimum atomic E-state index is 0.333. The molecule has 0 radical (unpaired) electrons. The normalized spacial score (nSPS) is 29.0. The lowest BCUT2D eigenvalue weighted by molar-refractivity contribution is -0.534. The SMILES string of the molecule is O=[N+]1CSC2=CC3=CC=CCC3C2=N1. The number of allylic oxidation sites excluding steroid dienone is 6. The molecule has 70 valence electrons. The summed E-state index contributed by atoms with van der Waals surface area (Å²) in [6.07, 6.45) is 9.43. The molecule has 0 N–H and O–H groups in total. The maximum atomic E-state index is 11.1. The maximum absolute atomic E-state index is 11.1. The van der Waals surface area contributed by atoms with E-state index in [9.17, 15) is 4.91 Å². The molecule has 3 nitrogen and oxygen atoms in total. The van der Waals surface area contributed by atoms with Gasteiger partial charge in [-0.2, -0.15) is 0 Å². The van der Waals surface area contributed by atoms with Gasteiger partial charge in [-0.3, -0.25) is 0 Å². The lowest BCUT2D eigenvalue weighted by atomic mass is 9.93. The Morgan fingerprint density at radius 3 is 3.43 bits per heavy atom. The summed E-state index contributed by atoms with van der Waals surface area (Å²) in [6, 6.07) is 0. The fourth-order valence-corrected chi connectivity index (χ4v) is 2.83. The number of nitrogens with zero attached hydrogens (tertiary/aromatic N) is 2. The summed E-state index contributed by atoms with van der Waals surface area (Å²) in [4.78, 5) is 13.1. The molecule has 0 saturated heterocycles. The third-order valence-corrected chi connectivity index (χ3v) is 3.62. The predicted octanol–water partition coefficient (Wildman–Crippen LogP) is 2.23. The summed E-state index contributed by atoms with van der Waals surface area (Å²) in [6.45, 7) is 0. The molecule has 1 atom stereocenters. The van der Waals surface area contributed by atoms with Gasteiger partial charge in [0.15, 0.2) is 4.87 Å². The van der Waals surface area contributed by atoms with Gasteiger partial charge in [-0.1, -0.05) is 18.2 Å². The van der Waals surface area contributed by atoms with Gasteiger partial charge < -0.3 is 0 Å². The van der Waals surface area contributed by atoms with Crippen LogP contribution in [0.3, 0.4) is 0 Å². The third-order valence-electron chi connectivity index (χ3n) is 2.63. The van der Waals surface area contributed by atoms with Gasteiger partial charge in [-0.25, -0.2) is 0 Å². The van der Waals surface area contributed by atoms with Gasteiger partial charge in [0, 0.05) is 15.9 Å². The maximum Gasteiger partial charge on any atom is 0.278 e. The molecule has 3 aliphatic rings. The average Bonchev–Trinajstić information content (AvgIpc) is 2.56. The molecular formula is C10H9N2OS+. The first-order valence-corrected chi connectivity index (χ1v) is 5.58. The first kappa shape index (κ1) is 8.17. The summed E-state index contributed by atoms with van der Waals surface area (Å²) in [7, 11) is 0. The van der Waals surface area contributed by atoms with Crippen molar-refractivity contribution >= 4 is 17.5 Å². The summed E-state index contributed by atoms with van der Waals surface area (Å²) < 4.78 is 0. The van der Waals surface area contributed by atoms with Gasteiger partial charge in [0.2, 0.25) is 0 Å². The second-order valence-corrected chi connectivity index (χ2v) is 4.49. The van der Waals surface area contributed by atoms with Crippen molar-refractivity contribution in [2.75, 3.05) is 5.88 Å². The van der Waals surface area contributed by atoms with Crippen molar-refractivity contribution in [3.63, 3.8) is 0 Å². The second-order valence-electron chi connectivity index (χ2n) is 3.50. The Bertz CT molecular complexity index is 431. The van der Waals surface area contributed by atoms with Gasteiger partial charge in [-0.05, 0) is 29.8 Å². The lowest BCUT2D eigenvalue weighted by Crippen LogP contribution is -2.19. The van der Waals surface area contributed by atoms with E-state index in [1.165, 1.54) is 10.5 Å². The van der Waals surface area contributed by atoms with Crippen LogP contribution in [-0.4, -0.2) is 16.5 Å².